The van der Waals surface area contributed by atoms with Crippen LogP contribution in [-0.4, -0.2) is 49.6 Å². The van der Waals surface area contributed by atoms with Crippen molar-refractivity contribution in [1.82, 2.24) is 20.5 Å². The van der Waals surface area contributed by atoms with Gasteiger partial charge in [0, 0.05) is 19.2 Å². The van der Waals surface area contributed by atoms with Crippen molar-refractivity contribution in [2.75, 3.05) is 33.8 Å². The monoisotopic (exact) mass is 433 g/mol. The van der Waals surface area contributed by atoms with Gasteiger partial charge in [-0.1, -0.05) is 30.3 Å². The standard InChI is InChI=1S/C25H31N5O2/c1-26-25(27-16-21-18-32-24(29-21)20-8-4-3-5-9-20)28-17-23(30-14-6-7-15-30)19-10-12-22(31-2)13-11-19/h3-5,8-13,18,23H,6-7,14-17H2,1-2H3,(H2,26,27,28). The summed E-state index contributed by atoms with van der Waals surface area (Å²) in [5.41, 5.74) is 3.08. The third-order valence-electron chi connectivity index (χ3n) is 5.78. The fourth-order valence-corrected chi connectivity index (χ4v) is 4.03. The Kier molecular flexibility index (Phi) is 7.40. The van der Waals surface area contributed by atoms with Gasteiger partial charge in [0.25, 0.3) is 0 Å². The molecule has 1 saturated heterocycles. The highest BCUT2D eigenvalue weighted by molar-refractivity contribution is 5.79. The van der Waals surface area contributed by atoms with Gasteiger partial charge in [0.15, 0.2) is 5.96 Å². The molecule has 32 heavy (non-hydrogen) atoms. The number of nitrogens with zero attached hydrogens (tertiary/aromatic N) is 3. The Labute approximate surface area is 189 Å². The zero-order valence-corrected chi connectivity index (χ0v) is 18.8. The van der Waals surface area contributed by atoms with E-state index in [1.54, 1.807) is 20.4 Å². The highest BCUT2D eigenvalue weighted by Crippen LogP contribution is 2.26. The van der Waals surface area contributed by atoms with Crippen LogP contribution >= 0.6 is 0 Å². The van der Waals surface area contributed by atoms with E-state index in [4.69, 9.17) is 9.15 Å². The van der Waals surface area contributed by atoms with Crippen molar-refractivity contribution < 1.29 is 9.15 Å². The van der Waals surface area contributed by atoms with Gasteiger partial charge in [0.05, 0.1) is 25.4 Å². The van der Waals surface area contributed by atoms with Crippen molar-refractivity contribution in [3.8, 4) is 17.2 Å². The maximum atomic E-state index is 5.63. The number of benzene rings is 2. The van der Waals surface area contributed by atoms with Gasteiger partial charge in [-0.3, -0.25) is 9.89 Å². The van der Waals surface area contributed by atoms with Crippen LogP contribution in [0.5, 0.6) is 5.75 Å². The van der Waals surface area contributed by atoms with Crippen LogP contribution in [0.25, 0.3) is 11.5 Å². The molecule has 0 saturated carbocycles. The Bertz CT molecular complexity index is 995. The number of methoxy groups -OCH3 is 1. The fourth-order valence-electron chi connectivity index (χ4n) is 4.03. The summed E-state index contributed by atoms with van der Waals surface area (Å²) in [5.74, 6) is 2.24. The molecule has 0 bridgehead atoms. The van der Waals surface area contributed by atoms with Crippen LogP contribution < -0.4 is 15.4 Å². The van der Waals surface area contributed by atoms with E-state index in [0.717, 1.165) is 42.6 Å². The molecule has 1 fully saturated rings. The summed E-state index contributed by atoms with van der Waals surface area (Å²) < 4.78 is 11.0. The zero-order valence-electron chi connectivity index (χ0n) is 18.8. The number of ether oxygens (including phenoxy) is 1. The fraction of sp³-hybridized carbons (Fsp3) is 0.360. The maximum Gasteiger partial charge on any atom is 0.226 e. The second kappa shape index (κ2) is 10.8. The van der Waals surface area contributed by atoms with Gasteiger partial charge in [-0.25, -0.2) is 4.98 Å². The van der Waals surface area contributed by atoms with E-state index in [1.165, 1.54) is 18.4 Å². The second-order valence-corrected chi connectivity index (χ2v) is 7.85. The number of aliphatic imine (C=N–C) groups is 1. The van der Waals surface area contributed by atoms with Gasteiger partial charge in [0.2, 0.25) is 5.89 Å². The number of likely N-dealkylation sites (tertiary alicyclic amines) is 1. The number of hydrogen-bond donors (Lipinski definition) is 2. The van der Waals surface area contributed by atoms with Crippen molar-refractivity contribution in [2.45, 2.75) is 25.4 Å². The van der Waals surface area contributed by atoms with Gasteiger partial charge < -0.3 is 19.8 Å². The second-order valence-electron chi connectivity index (χ2n) is 7.85. The van der Waals surface area contributed by atoms with Gasteiger partial charge in [-0.15, -0.1) is 0 Å². The lowest BCUT2D eigenvalue weighted by molar-refractivity contribution is 0.245. The Balaban J connectivity index is 1.36. The molecule has 1 aliphatic rings. The molecular formula is C25H31N5O2. The molecule has 7 heteroatoms. The first kappa shape index (κ1) is 21.9. The van der Waals surface area contributed by atoms with E-state index in [0.29, 0.717) is 12.4 Å². The smallest absolute Gasteiger partial charge is 0.226 e. The van der Waals surface area contributed by atoms with Crippen LogP contribution in [0.15, 0.2) is 70.3 Å². The van der Waals surface area contributed by atoms with E-state index < -0.39 is 0 Å². The van der Waals surface area contributed by atoms with E-state index in [-0.39, 0.29) is 6.04 Å². The Morgan fingerprint density at radius 3 is 2.53 bits per heavy atom. The highest BCUT2D eigenvalue weighted by atomic mass is 16.5. The summed E-state index contributed by atoms with van der Waals surface area (Å²) in [6.45, 7) is 3.53. The van der Waals surface area contributed by atoms with E-state index >= 15 is 0 Å². The number of nitrogens with one attached hydrogen (secondary N) is 2. The number of oxazole rings is 1. The number of aromatic nitrogens is 1. The lowest BCUT2D eigenvalue weighted by Crippen LogP contribution is -2.42. The maximum absolute atomic E-state index is 5.63. The number of hydrogen-bond acceptors (Lipinski definition) is 5. The molecule has 7 nitrogen and oxygen atoms in total. The summed E-state index contributed by atoms with van der Waals surface area (Å²) in [5, 5.41) is 6.83. The molecule has 2 heterocycles. The normalized spacial score (nSPS) is 15.5. The molecule has 1 unspecified atom stereocenters. The molecule has 0 amide bonds. The molecule has 0 aliphatic carbocycles. The summed E-state index contributed by atoms with van der Waals surface area (Å²) in [7, 11) is 3.48. The third kappa shape index (κ3) is 5.48. The molecule has 4 rings (SSSR count). The molecule has 1 aromatic heterocycles. The molecule has 168 valence electrons. The summed E-state index contributed by atoms with van der Waals surface area (Å²) >= 11 is 0. The summed E-state index contributed by atoms with van der Waals surface area (Å²) in [4.78, 5) is 11.5. The van der Waals surface area contributed by atoms with Crippen molar-refractivity contribution in [2.24, 2.45) is 4.99 Å². The minimum absolute atomic E-state index is 0.277. The van der Waals surface area contributed by atoms with Crippen molar-refractivity contribution in [3.05, 3.63) is 72.1 Å². The minimum Gasteiger partial charge on any atom is -0.497 e. The number of rotatable bonds is 8. The number of guanidine groups is 1. The van der Waals surface area contributed by atoms with Gasteiger partial charge in [-0.05, 0) is 55.8 Å². The molecule has 2 N–H and O–H groups in total. The first-order chi connectivity index (χ1) is 15.8. The molecular weight excluding hydrogens is 402 g/mol. The van der Waals surface area contributed by atoms with Crippen molar-refractivity contribution in [1.29, 1.82) is 0 Å². The Hall–Kier alpha value is -3.32. The quantitative estimate of drug-likeness (QED) is 0.415. The average Bonchev–Trinajstić information content (AvgIpc) is 3.55. The highest BCUT2D eigenvalue weighted by Gasteiger charge is 2.23. The Morgan fingerprint density at radius 2 is 1.84 bits per heavy atom. The van der Waals surface area contributed by atoms with E-state index in [1.807, 2.05) is 42.5 Å². The van der Waals surface area contributed by atoms with Crippen LogP contribution in [0.1, 0.15) is 30.1 Å². The topological polar surface area (TPSA) is 74.9 Å². The van der Waals surface area contributed by atoms with E-state index in [9.17, 15) is 0 Å². The van der Waals surface area contributed by atoms with Crippen molar-refractivity contribution in [3.63, 3.8) is 0 Å². The van der Waals surface area contributed by atoms with Gasteiger partial charge in [-0.2, -0.15) is 0 Å². The van der Waals surface area contributed by atoms with Crippen LogP contribution in [-0.2, 0) is 6.54 Å². The molecule has 0 radical (unpaired) electrons. The molecule has 0 spiro atoms. The van der Waals surface area contributed by atoms with E-state index in [2.05, 4.69) is 37.6 Å². The molecule has 2 aromatic carbocycles. The predicted molar refractivity (Wildman–Crippen MR) is 127 cm³/mol. The van der Waals surface area contributed by atoms with Crippen LogP contribution in [0.4, 0.5) is 0 Å². The lowest BCUT2D eigenvalue weighted by atomic mass is 10.1. The van der Waals surface area contributed by atoms with Crippen LogP contribution in [0.3, 0.4) is 0 Å². The van der Waals surface area contributed by atoms with Crippen molar-refractivity contribution >= 4 is 5.96 Å². The van der Waals surface area contributed by atoms with Gasteiger partial charge >= 0.3 is 0 Å². The minimum atomic E-state index is 0.277. The first-order valence-electron chi connectivity index (χ1n) is 11.1. The molecule has 1 aliphatic heterocycles. The third-order valence-corrected chi connectivity index (χ3v) is 5.78. The SMILES string of the molecule is CN=C(NCc1coc(-c2ccccc2)n1)NCC(c1ccc(OC)cc1)N1CCCC1. The summed E-state index contributed by atoms with van der Waals surface area (Å²) in [6, 6.07) is 18.5. The Morgan fingerprint density at radius 1 is 1.09 bits per heavy atom. The summed E-state index contributed by atoms with van der Waals surface area (Å²) in [6.07, 6.45) is 4.18. The average molecular weight is 434 g/mol. The lowest BCUT2D eigenvalue weighted by Gasteiger charge is -2.29. The van der Waals surface area contributed by atoms with Crippen LogP contribution in [0.2, 0.25) is 0 Å². The first-order valence-corrected chi connectivity index (χ1v) is 11.1. The van der Waals surface area contributed by atoms with Gasteiger partial charge in [0.1, 0.15) is 12.0 Å². The predicted octanol–water partition coefficient (Wildman–Crippen LogP) is 3.85. The zero-order chi connectivity index (χ0) is 22.2. The molecule has 1 atom stereocenters. The van der Waals surface area contributed by atoms with Crippen LogP contribution in [0, 0.1) is 0 Å². The largest absolute Gasteiger partial charge is 0.497 e. The molecule has 3 aromatic rings.